The summed E-state index contributed by atoms with van der Waals surface area (Å²) in [5.74, 6) is 0.235. The second-order valence-electron chi connectivity index (χ2n) is 7.86. The van der Waals surface area contributed by atoms with Crippen LogP contribution in [-0.4, -0.2) is 34.4 Å². The van der Waals surface area contributed by atoms with Gasteiger partial charge in [0.05, 0.1) is 16.2 Å². The number of benzene rings is 2. The fourth-order valence-electron chi connectivity index (χ4n) is 3.51. The predicted octanol–water partition coefficient (Wildman–Crippen LogP) is 5.07. The number of thioether (sulfide) groups is 1. The fourth-order valence-corrected chi connectivity index (χ4v) is 4.44. The van der Waals surface area contributed by atoms with Gasteiger partial charge in [-0.2, -0.15) is 0 Å². The van der Waals surface area contributed by atoms with Crippen LogP contribution >= 0.6 is 11.8 Å². The topological polar surface area (TPSA) is 73.2 Å². The van der Waals surface area contributed by atoms with Crippen molar-refractivity contribution in [2.24, 2.45) is 0 Å². The maximum Gasteiger partial charge on any atom is 0.262 e. The summed E-state index contributed by atoms with van der Waals surface area (Å²) in [5.41, 5.74) is 2.51. The van der Waals surface area contributed by atoms with Gasteiger partial charge < -0.3 is 10.1 Å². The molecule has 1 N–H and O–H groups in total. The Bertz CT molecular complexity index is 1130. The van der Waals surface area contributed by atoms with Gasteiger partial charge in [0.25, 0.3) is 5.56 Å². The number of anilines is 1. The van der Waals surface area contributed by atoms with Gasteiger partial charge in [0.2, 0.25) is 5.91 Å². The van der Waals surface area contributed by atoms with Crippen molar-refractivity contribution in [3.05, 3.63) is 64.4 Å². The summed E-state index contributed by atoms with van der Waals surface area (Å²) >= 11 is 1.30. The van der Waals surface area contributed by atoms with E-state index in [4.69, 9.17) is 9.72 Å². The highest BCUT2D eigenvalue weighted by molar-refractivity contribution is 8.00. The predicted molar refractivity (Wildman–Crippen MR) is 132 cm³/mol. The van der Waals surface area contributed by atoms with Crippen LogP contribution in [0.25, 0.3) is 10.9 Å². The second kappa shape index (κ2) is 11.3. The van der Waals surface area contributed by atoms with E-state index in [2.05, 4.69) is 25.2 Å². The standard InChI is InChI=1S/C25H31N3O3S/c1-5-17(2)19-11-6-8-13-21(19)26-23(29)18(3)32-25-27-22-14-9-7-12-20(22)24(30)28(25)15-10-16-31-4/h6-9,11-14,17-18H,5,10,15-16H2,1-4H3,(H,26,29). The molecule has 0 bridgehead atoms. The lowest BCUT2D eigenvalue weighted by Gasteiger charge is -2.19. The quantitative estimate of drug-likeness (QED) is 0.264. The molecule has 32 heavy (non-hydrogen) atoms. The molecular weight excluding hydrogens is 422 g/mol. The van der Waals surface area contributed by atoms with Crippen LogP contribution in [0.4, 0.5) is 5.69 Å². The SMILES string of the molecule is CCC(C)c1ccccc1NC(=O)C(C)Sc1nc2ccccc2c(=O)n1CCCOC. The Morgan fingerprint density at radius 1 is 1.16 bits per heavy atom. The Balaban J connectivity index is 1.86. The highest BCUT2D eigenvalue weighted by Crippen LogP contribution is 2.28. The monoisotopic (exact) mass is 453 g/mol. The highest BCUT2D eigenvalue weighted by Gasteiger charge is 2.21. The third kappa shape index (κ3) is 5.58. The summed E-state index contributed by atoms with van der Waals surface area (Å²) in [7, 11) is 1.64. The lowest BCUT2D eigenvalue weighted by molar-refractivity contribution is -0.115. The van der Waals surface area contributed by atoms with E-state index in [0.29, 0.717) is 41.5 Å². The zero-order valence-electron chi connectivity index (χ0n) is 19.1. The minimum atomic E-state index is -0.429. The molecule has 0 fully saturated rings. The summed E-state index contributed by atoms with van der Waals surface area (Å²) in [5, 5.41) is 3.77. The van der Waals surface area contributed by atoms with E-state index < -0.39 is 5.25 Å². The number of nitrogens with zero attached hydrogens (tertiary/aromatic N) is 2. The Morgan fingerprint density at radius 2 is 1.88 bits per heavy atom. The van der Waals surface area contributed by atoms with Gasteiger partial charge in [0.1, 0.15) is 0 Å². The number of amides is 1. The molecule has 3 aromatic rings. The summed E-state index contributed by atoms with van der Waals surface area (Å²) in [6.45, 7) is 7.16. The lowest BCUT2D eigenvalue weighted by Crippen LogP contribution is -2.27. The van der Waals surface area contributed by atoms with Crippen molar-refractivity contribution in [1.82, 2.24) is 9.55 Å². The van der Waals surface area contributed by atoms with Crippen molar-refractivity contribution in [1.29, 1.82) is 0 Å². The number of ether oxygens (including phenoxy) is 1. The Kier molecular flexibility index (Phi) is 8.47. The summed E-state index contributed by atoms with van der Waals surface area (Å²) in [6.07, 6.45) is 1.68. The number of hydrogen-bond acceptors (Lipinski definition) is 5. The largest absolute Gasteiger partial charge is 0.385 e. The molecule has 170 valence electrons. The number of fused-ring (bicyclic) bond motifs is 1. The highest BCUT2D eigenvalue weighted by atomic mass is 32.2. The molecule has 2 aromatic carbocycles. The van der Waals surface area contributed by atoms with E-state index in [0.717, 1.165) is 17.7 Å². The first-order valence-electron chi connectivity index (χ1n) is 11.0. The molecule has 3 rings (SSSR count). The van der Waals surface area contributed by atoms with E-state index in [1.54, 1.807) is 17.7 Å². The van der Waals surface area contributed by atoms with Crippen LogP contribution < -0.4 is 10.9 Å². The van der Waals surface area contributed by atoms with Crippen LogP contribution in [0.15, 0.2) is 58.5 Å². The first-order valence-corrected chi connectivity index (χ1v) is 11.9. The van der Waals surface area contributed by atoms with E-state index in [-0.39, 0.29) is 11.5 Å². The van der Waals surface area contributed by atoms with Crippen molar-refractivity contribution in [3.8, 4) is 0 Å². The van der Waals surface area contributed by atoms with Crippen LogP contribution in [0.5, 0.6) is 0 Å². The number of hydrogen-bond donors (Lipinski definition) is 1. The average Bonchev–Trinajstić information content (AvgIpc) is 2.81. The molecule has 7 heteroatoms. The average molecular weight is 454 g/mol. The zero-order valence-corrected chi connectivity index (χ0v) is 19.9. The molecule has 1 amide bonds. The normalized spacial score (nSPS) is 13.1. The van der Waals surface area contributed by atoms with Gasteiger partial charge in [-0.15, -0.1) is 0 Å². The van der Waals surface area contributed by atoms with Crippen LogP contribution in [0.3, 0.4) is 0 Å². The molecule has 0 aliphatic carbocycles. The molecule has 1 heterocycles. The van der Waals surface area contributed by atoms with Gasteiger partial charge in [-0.3, -0.25) is 14.2 Å². The Labute approximate surface area is 193 Å². The smallest absolute Gasteiger partial charge is 0.262 e. The Hall–Kier alpha value is -2.64. The van der Waals surface area contributed by atoms with Gasteiger partial charge in [-0.05, 0) is 49.4 Å². The minimum Gasteiger partial charge on any atom is -0.385 e. The molecule has 2 unspecified atom stereocenters. The number of para-hydroxylation sites is 2. The van der Waals surface area contributed by atoms with Crippen LogP contribution in [0.2, 0.25) is 0 Å². The van der Waals surface area contributed by atoms with Crippen LogP contribution in [0, 0.1) is 0 Å². The maximum absolute atomic E-state index is 13.1. The number of nitrogens with one attached hydrogen (secondary N) is 1. The van der Waals surface area contributed by atoms with Crippen molar-refractivity contribution < 1.29 is 9.53 Å². The summed E-state index contributed by atoms with van der Waals surface area (Å²) in [4.78, 5) is 30.8. The molecule has 0 radical (unpaired) electrons. The molecule has 1 aromatic heterocycles. The molecule has 0 spiro atoms. The molecule has 0 saturated carbocycles. The number of carbonyl (C=O) groups is 1. The fraction of sp³-hybridized carbons (Fsp3) is 0.400. The molecule has 6 nitrogen and oxygen atoms in total. The Morgan fingerprint density at radius 3 is 2.62 bits per heavy atom. The first kappa shape index (κ1) is 24.0. The van der Waals surface area contributed by atoms with E-state index in [1.807, 2.05) is 43.3 Å². The van der Waals surface area contributed by atoms with Gasteiger partial charge in [0.15, 0.2) is 5.16 Å². The van der Waals surface area contributed by atoms with Crippen molar-refractivity contribution in [3.63, 3.8) is 0 Å². The van der Waals surface area contributed by atoms with Gasteiger partial charge in [-0.25, -0.2) is 4.98 Å². The van der Waals surface area contributed by atoms with Crippen molar-refractivity contribution in [2.45, 2.75) is 56.5 Å². The zero-order chi connectivity index (χ0) is 23.1. The molecule has 0 saturated heterocycles. The third-order valence-electron chi connectivity index (χ3n) is 5.57. The van der Waals surface area contributed by atoms with Gasteiger partial charge in [0, 0.05) is 25.9 Å². The van der Waals surface area contributed by atoms with Crippen LogP contribution in [0.1, 0.15) is 45.1 Å². The van der Waals surface area contributed by atoms with Crippen molar-refractivity contribution >= 4 is 34.3 Å². The maximum atomic E-state index is 13.1. The lowest BCUT2D eigenvalue weighted by atomic mass is 9.97. The van der Waals surface area contributed by atoms with E-state index in [9.17, 15) is 9.59 Å². The van der Waals surface area contributed by atoms with Crippen LogP contribution in [-0.2, 0) is 16.1 Å². The number of methoxy groups -OCH3 is 1. The first-order chi connectivity index (χ1) is 15.5. The van der Waals surface area contributed by atoms with Crippen molar-refractivity contribution in [2.75, 3.05) is 19.0 Å². The molecule has 0 aliphatic heterocycles. The van der Waals surface area contributed by atoms with Gasteiger partial charge >= 0.3 is 0 Å². The number of aromatic nitrogens is 2. The third-order valence-corrected chi connectivity index (χ3v) is 6.66. The number of rotatable bonds is 10. The molecule has 0 aliphatic rings. The number of carbonyl (C=O) groups excluding carboxylic acids is 1. The summed E-state index contributed by atoms with van der Waals surface area (Å²) in [6, 6.07) is 15.2. The van der Waals surface area contributed by atoms with E-state index in [1.165, 1.54) is 11.8 Å². The summed E-state index contributed by atoms with van der Waals surface area (Å²) < 4.78 is 6.81. The second-order valence-corrected chi connectivity index (χ2v) is 9.17. The molecular formula is C25H31N3O3S. The minimum absolute atomic E-state index is 0.0936. The van der Waals surface area contributed by atoms with Gasteiger partial charge in [-0.1, -0.05) is 55.9 Å². The van der Waals surface area contributed by atoms with E-state index >= 15 is 0 Å². The molecule has 2 atom stereocenters.